The summed E-state index contributed by atoms with van der Waals surface area (Å²) >= 11 is 3.50. The monoisotopic (exact) mass is 463 g/mol. The normalized spacial score (nSPS) is 15.6. The van der Waals surface area contributed by atoms with Crippen molar-refractivity contribution in [2.24, 2.45) is 0 Å². The molecule has 152 valence electrons. The molecule has 1 aliphatic heterocycles. The summed E-state index contributed by atoms with van der Waals surface area (Å²) in [7, 11) is 0. The molecule has 0 aromatic heterocycles. The zero-order chi connectivity index (χ0) is 20.9. The van der Waals surface area contributed by atoms with Gasteiger partial charge in [0.1, 0.15) is 12.4 Å². The van der Waals surface area contributed by atoms with Crippen LogP contribution in [0.5, 0.6) is 0 Å². The van der Waals surface area contributed by atoms with E-state index in [1.54, 1.807) is 0 Å². The molecule has 0 saturated heterocycles. The number of nitrogens with one attached hydrogen (secondary N) is 1. The minimum Gasteiger partial charge on any atom is -0.461 e. The Bertz CT molecular complexity index is 1060. The number of carbonyl (C=O) groups is 2. The first-order valence-corrected chi connectivity index (χ1v) is 10.7. The third-order valence-electron chi connectivity index (χ3n) is 5.16. The summed E-state index contributed by atoms with van der Waals surface area (Å²) in [5, 5.41) is 3.50. The van der Waals surface area contributed by atoms with Gasteiger partial charge in [-0.15, -0.1) is 0 Å². The second-order valence-corrected chi connectivity index (χ2v) is 8.40. The molecule has 5 heteroatoms. The van der Waals surface area contributed by atoms with Crippen LogP contribution in [0, 0.1) is 0 Å². The number of rotatable bonds is 5. The first kappa shape index (κ1) is 20.4. The highest BCUT2D eigenvalue weighted by atomic mass is 79.9. The molecule has 0 spiro atoms. The minimum absolute atomic E-state index is 0.0714. The van der Waals surface area contributed by atoms with E-state index < -0.39 is 0 Å². The Morgan fingerprint density at radius 3 is 2.63 bits per heavy atom. The van der Waals surface area contributed by atoms with Gasteiger partial charge in [0.15, 0.2) is 0 Å². The predicted molar refractivity (Wildman–Crippen MR) is 120 cm³/mol. The molecule has 30 heavy (non-hydrogen) atoms. The maximum Gasteiger partial charge on any atom is 0.310 e. The molecule has 1 heterocycles. The van der Waals surface area contributed by atoms with E-state index >= 15 is 0 Å². The standard InChI is InChI=1S/C25H22BrNO3/c26-21-8-4-7-19(13-21)24-15-22(28)14-20-11-18(9-10-23(20)27-24)12-25(29)30-16-17-5-2-1-3-6-17/h1-11,13,24,27H,12,14-16H2. The number of fused-ring (bicyclic) bond motifs is 1. The van der Waals surface area contributed by atoms with Gasteiger partial charge in [0, 0.05) is 23.0 Å². The van der Waals surface area contributed by atoms with Crippen LogP contribution in [0.25, 0.3) is 0 Å². The largest absolute Gasteiger partial charge is 0.461 e. The van der Waals surface area contributed by atoms with Crippen LogP contribution >= 0.6 is 15.9 Å². The van der Waals surface area contributed by atoms with Gasteiger partial charge in [-0.2, -0.15) is 0 Å². The molecule has 3 aromatic carbocycles. The number of anilines is 1. The highest BCUT2D eigenvalue weighted by Gasteiger charge is 2.23. The van der Waals surface area contributed by atoms with Crippen LogP contribution < -0.4 is 5.32 Å². The second-order valence-electron chi connectivity index (χ2n) is 7.49. The van der Waals surface area contributed by atoms with Crippen molar-refractivity contribution >= 4 is 33.4 Å². The maximum absolute atomic E-state index is 12.6. The average Bonchev–Trinajstić information content (AvgIpc) is 2.91. The molecule has 0 bridgehead atoms. The molecule has 1 aliphatic rings. The lowest BCUT2D eigenvalue weighted by Crippen LogP contribution is -2.12. The molecule has 4 nitrogen and oxygen atoms in total. The Labute approximate surface area is 184 Å². The van der Waals surface area contributed by atoms with Gasteiger partial charge >= 0.3 is 5.97 Å². The summed E-state index contributed by atoms with van der Waals surface area (Å²) in [6.45, 7) is 0.263. The highest BCUT2D eigenvalue weighted by Crippen LogP contribution is 2.31. The SMILES string of the molecule is O=C1Cc2cc(CC(=O)OCc3ccccc3)ccc2NC(c2cccc(Br)c2)C1. The fourth-order valence-electron chi connectivity index (χ4n) is 3.68. The zero-order valence-electron chi connectivity index (χ0n) is 16.4. The van der Waals surface area contributed by atoms with Crippen molar-refractivity contribution in [3.63, 3.8) is 0 Å². The Morgan fingerprint density at radius 2 is 1.83 bits per heavy atom. The topological polar surface area (TPSA) is 55.4 Å². The summed E-state index contributed by atoms with van der Waals surface area (Å²) in [5.74, 6) is -0.103. The number of Topliss-reactive ketones (excluding diaryl/α,β-unsaturated/α-hetero) is 1. The van der Waals surface area contributed by atoms with E-state index in [1.165, 1.54) is 0 Å². The molecule has 0 radical (unpaired) electrons. The van der Waals surface area contributed by atoms with E-state index in [0.717, 1.165) is 32.4 Å². The summed E-state index contributed by atoms with van der Waals surface area (Å²) in [4.78, 5) is 24.8. The second kappa shape index (κ2) is 9.26. The Balaban J connectivity index is 1.45. The highest BCUT2D eigenvalue weighted by molar-refractivity contribution is 9.10. The number of benzene rings is 3. The van der Waals surface area contributed by atoms with Crippen LogP contribution in [0.15, 0.2) is 77.3 Å². The van der Waals surface area contributed by atoms with Crippen molar-refractivity contribution in [2.45, 2.75) is 31.9 Å². The Morgan fingerprint density at radius 1 is 1.00 bits per heavy atom. The number of hydrogen-bond donors (Lipinski definition) is 1. The van der Waals surface area contributed by atoms with Crippen molar-refractivity contribution in [2.75, 3.05) is 5.32 Å². The van der Waals surface area contributed by atoms with Gasteiger partial charge in [-0.1, -0.05) is 70.5 Å². The first-order valence-electron chi connectivity index (χ1n) is 9.92. The van der Waals surface area contributed by atoms with E-state index in [9.17, 15) is 9.59 Å². The number of esters is 1. The molecule has 0 aliphatic carbocycles. The summed E-state index contributed by atoms with van der Waals surface area (Å²) in [6.07, 6.45) is 0.975. The molecule has 1 N–H and O–H groups in total. The smallest absolute Gasteiger partial charge is 0.310 e. The Kier molecular flexibility index (Phi) is 6.29. The minimum atomic E-state index is -0.279. The third kappa shape index (κ3) is 5.16. The average molecular weight is 464 g/mol. The number of ketones is 1. The van der Waals surface area contributed by atoms with Gasteiger partial charge in [0.2, 0.25) is 0 Å². The molecule has 0 amide bonds. The molecule has 3 aromatic rings. The van der Waals surface area contributed by atoms with E-state index in [-0.39, 0.29) is 30.8 Å². The lowest BCUT2D eigenvalue weighted by Gasteiger charge is -2.18. The van der Waals surface area contributed by atoms with E-state index in [4.69, 9.17) is 4.74 Å². The van der Waals surface area contributed by atoms with Crippen LogP contribution in [0.4, 0.5) is 5.69 Å². The van der Waals surface area contributed by atoms with Crippen LogP contribution in [-0.4, -0.2) is 11.8 Å². The van der Waals surface area contributed by atoms with E-state index in [2.05, 4.69) is 21.2 Å². The van der Waals surface area contributed by atoms with E-state index in [1.807, 2.05) is 72.8 Å². The summed E-state index contributed by atoms with van der Waals surface area (Å²) in [6, 6.07) is 23.4. The van der Waals surface area contributed by atoms with Gasteiger partial charge in [-0.25, -0.2) is 0 Å². The van der Waals surface area contributed by atoms with Crippen molar-refractivity contribution in [3.05, 3.63) is 99.5 Å². The van der Waals surface area contributed by atoms with Crippen LogP contribution in [0.2, 0.25) is 0 Å². The van der Waals surface area contributed by atoms with Crippen molar-refractivity contribution < 1.29 is 14.3 Å². The maximum atomic E-state index is 12.6. The van der Waals surface area contributed by atoms with Crippen LogP contribution in [-0.2, 0) is 33.8 Å². The van der Waals surface area contributed by atoms with Gasteiger partial charge in [-0.3, -0.25) is 9.59 Å². The molecular weight excluding hydrogens is 442 g/mol. The number of hydrogen-bond acceptors (Lipinski definition) is 4. The van der Waals surface area contributed by atoms with Crippen molar-refractivity contribution in [1.29, 1.82) is 0 Å². The van der Waals surface area contributed by atoms with Gasteiger partial charge in [0.25, 0.3) is 0 Å². The molecule has 1 atom stereocenters. The fourth-order valence-corrected chi connectivity index (χ4v) is 4.09. The quantitative estimate of drug-likeness (QED) is 0.514. The zero-order valence-corrected chi connectivity index (χ0v) is 18.0. The van der Waals surface area contributed by atoms with Gasteiger partial charge in [-0.05, 0) is 40.5 Å². The molecule has 0 saturated carbocycles. The summed E-state index contributed by atoms with van der Waals surface area (Å²) in [5.41, 5.74) is 4.74. The van der Waals surface area contributed by atoms with Crippen molar-refractivity contribution in [1.82, 2.24) is 0 Å². The molecule has 4 rings (SSSR count). The van der Waals surface area contributed by atoms with Crippen LogP contribution in [0.3, 0.4) is 0 Å². The first-order chi connectivity index (χ1) is 14.6. The number of carbonyl (C=O) groups excluding carboxylic acids is 2. The lowest BCUT2D eigenvalue weighted by molar-refractivity contribution is -0.144. The van der Waals surface area contributed by atoms with Crippen molar-refractivity contribution in [3.8, 4) is 0 Å². The predicted octanol–water partition coefficient (Wildman–Crippen LogP) is 5.40. The molecule has 0 fully saturated rings. The number of halogens is 1. The van der Waals surface area contributed by atoms with Gasteiger partial charge in [0.05, 0.1) is 12.5 Å². The van der Waals surface area contributed by atoms with E-state index in [0.29, 0.717) is 12.8 Å². The van der Waals surface area contributed by atoms with Gasteiger partial charge < -0.3 is 10.1 Å². The van der Waals surface area contributed by atoms with Crippen LogP contribution in [0.1, 0.15) is 34.7 Å². The third-order valence-corrected chi connectivity index (χ3v) is 5.65. The number of ether oxygens (including phenoxy) is 1. The lowest BCUT2D eigenvalue weighted by atomic mass is 10.00. The molecular formula is C25H22BrNO3. The fraction of sp³-hybridized carbons (Fsp3) is 0.200. The Hall–Kier alpha value is -2.92. The molecule has 1 unspecified atom stereocenters. The summed E-state index contributed by atoms with van der Waals surface area (Å²) < 4.78 is 6.37.